The summed E-state index contributed by atoms with van der Waals surface area (Å²) in [4.78, 5) is 24.7. The molecule has 0 bridgehead atoms. The SMILES string of the molecule is COc1ccc(C[C@]2(CCC(=O)N[C@H](C)Cn3ccc4ccccc43)CCC(=O)N2)c(F)c1. The van der Waals surface area contributed by atoms with E-state index in [-0.39, 0.29) is 30.1 Å². The maximum atomic E-state index is 14.5. The number of nitrogens with one attached hydrogen (secondary N) is 2. The monoisotopic (exact) mass is 451 g/mol. The van der Waals surface area contributed by atoms with E-state index < -0.39 is 5.54 Å². The molecule has 1 aromatic heterocycles. The predicted octanol–water partition coefficient (Wildman–Crippen LogP) is 3.97. The molecule has 1 saturated heterocycles. The first-order chi connectivity index (χ1) is 15.9. The van der Waals surface area contributed by atoms with E-state index in [2.05, 4.69) is 33.4 Å². The van der Waals surface area contributed by atoms with Crippen LogP contribution < -0.4 is 15.4 Å². The minimum absolute atomic E-state index is 0.0542. The van der Waals surface area contributed by atoms with Crippen LogP contribution in [0.25, 0.3) is 10.9 Å². The second-order valence-electron chi connectivity index (χ2n) is 8.96. The topological polar surface area (TPSA) is 72.4 Å². The van der Waals surface area contributed by atoms with Crippen LogP contribution in [0.3, 0.4) is 0 Å². The molecule has 0 radical (unpaired) electrons. The van der Waals surface area contributed by atoms with Crippen LogP contribution >= 0.6 is 0 Å². The summed E-state index contributed by atoms with van der Waals surface area (Å²) >= 11 is 0. The quantitative estimate of drug-likeness (QED) is 0.517. The van der Waals surface area contributed by atoms with Crippen molar-refractivity contribution < 1.29 is 18.7 Å². The molecule has 0 spiro atoms. The van der Waals surface area contributed by atoms with Gasteiger partial charge >= 0.3 is 0 Å². The largest absolute Gasteiger partial charge is 0.497 e. The van der Waals surface area contributed by atoms with Gasteiger partial charge in [0, 0.05) is 48.7 Å². The Morgan fingerprint density at radius 3 is 2.82 bits per heavy atom. The number of aromatic nitrogens is 1. The summed E-state index contributed by atoms with van der Waals surface area (Å²) in [6, 6.07) is 14.9. The van der Waals surface area contributed by atoms with E-state index in [0.717, 1.165) is 5.52 Å². The number of hydrogen-bond acceptors (Lipinski definition) is 3. The molecule has 0 saturated carbocycles. The fourth-order valence-corrected chi connectivity index (χ4v) is 4.69. The lowest BCUT2D eigenvalue weighted by atomic mass is 9.84. The minimum Gasteiger partial charge on any atom is -0.497 e. The van der Waals surface area contributed by atoms with Gasteiger partial charge < -0.3 is 19.9 Å². The summed E-state index contributed by atoms with van der Waals surface area (Å²) in [6.45, 7) is 2.64. The molecule has 0 unspecified atom stereocenters. The van der Waals surface area contributed by atoms with Crippen LogP contribution in [0.2, 0.25) is 0 Å². The maximum Gasteiger partial charge on any atom is 0.220 e. The van der Waals surface area contributed by atoms with E-state index >= 15 is 0 Å². The van der Waals surface area contributed by atoms with Crippen molar-refractivity contribution >= 4 is 22.7 Å². The lowest BCUT2D eigenvalue weighted by molar-refractivity contribution is -0.123. The lowest BCUT2D eigenvalue weighted by Gasteiger charge is -2.30. The van der Waals surface area contributed by atoms with Crippen molar-refractivity contribution in [2.45, 2.75) is 57.2 Å². The lowest BCUT2D eigenvalue weighted by Crippen LogP contribution is -2.45. The van der Waals surface area contributed by atoms with E-state index in [1.165, 1.54) is 18.6 Å². The van der Waals surface area contributed by atoms with Gasteiger partial charge in [0.15, 0.2) is 0 Å². The third-order valence-electron chi connectivity index (χ3n) is 6.41. The van der Waals surface area contributed by atoms with Gasteiger partial charge in [-0.05, 0) is 55.3 Å². The molecule has 174 valence electrons. The molecule has 33 heavy (non-hydrogen) atoms. The second-order valence-corrected chi connectivity index (χ2v) is 8.96. The molecule has 1 fully saturated rings. The van der Waals surface area contributed by atoms with Gasteiger partial charge in [0.2, 0.25) is 11.8 Å². The number of nitrogens with zero attached hydrogens (tertiary/aromatic N) is 1. The molecule has 2 amide bonds. The summed E-state index contributed by atoms with van der Waals surface area (Å²) < 4.78 is 21.8. The number of carbonyl (C=O) groups is 2. The Hall–Kier alpha value is -3.35. The van der Waals surface area contributed by atoms with Crippen molar-refractivity contribution in [3.8, 4) is 5.75 Å². The van der Waals surface area contributed by atoms with Gasteiger partial charge in [0.1, 0.15) is 11.6 Å². The van der Waals surface area contributed by atoms with Gasteiger partial charge in [-0.15, -0.1) is 0 Å². The third kappa shape index (κ3) is 5.35. The van der Waals surface area contributed by atoms with Gasteiger partial charge in [-0.1, -0.05) is 24.3 Å². The zero-order chi connectivity index (χ0) is 23.4. The molecule has 2 aromatic carbocycles. The van der Waals surface area contributed by atoms with E-state index in [9.17, 15) is 14.0 Å². The van der Waals surface area contributed by atoms with Crippen molar-refractivity contribution in [1.82, 2.24) is 15.2 Å². The average Bonchev–Trinajstić information content (AvgIpc) is 3.37. The first-order valence-electron chi connectivity index (χ1n) is 11.3. The fourth-order valence-electron chi connectivity index (χ4n) is 4.69. The molecule has 4 rings (SSSR count). The summed E-state index contributed by atoms with van der Waals surface area (Å²) in [7, 11) is 1.49. The number of fused-ring (bicyclic) bond motifs is 1. The fraction of sp³-hybridized carbons (Fsp3) is 0.385. The molecular formula is C26H30FN3O3. The van der Waals surface area contributed by atoms with Crippen molar-refractivity contribution in [2.75, 3.05) is 7.11 Å². The van der Waals surface area contributed by atoms with E-state index in [1.807, 2.05) is 25.3 Å². The van der Waals surface area contributed by atoms with Gasteiger partial charge in [0.25, 0.3) is 0 Å². The first-order valence-corrected chi connectivity index (χ1v) is 11.3. The van der Waals surface area contributed by atoms with Crippen LogP contribution in [0, 0.1) is 5.82 Å². The van der Waals surface area contributed by atoms with Crippen LogP contribution in [0.1, 0.15) is 38.2 Å². The Morgan fingerprint density at radius 2 is 2.09 bits per heavy atom. The number of carbonyl (C=O) groups excluding carboxylic acids is 2. The molecule has 1 aliphatic rings. The average molecular weight is 452 g/mol. The first kappa shape index (κ1) is 22.8. The summed E-state index contributed by atoms with van der Waals surface area (Å²) in [5, 5.41) is 7.25. The highest BCUT2D eigenvalue weighted by Crippen LogP contribution is 2.31. The van der Waals surface area contributed by atoms with Crippen molar-refractivity contribution in [3.63, 3.8) is 0 Å². The van der Waals surface area contributed by atoms with Crippen molar-refractivity contribution in [1.29, 1.82) is 0 Å². The normalized spacial score (nSPS) is 18.8. The van der Waals surface area contributed by atoms with Crippen molar-refractivity contribution in [3.05, 3.63) is 66.1 Å². The Morgan fingerprint density at radius 1 is 1.27 bits per heavy atom. The third-order valence-corrected chi connectivity index (χ3v) is 6.41. The molecule has 2 atom stereocenters. The van der Waals surface area contributed by atoms with Crippen LogP contribution in [0.5, 0.6) is 5.75 Å². The Labute approximate surface area is 193 Å². The summed E-state index contributed by atoms with van der Waals surface area (Å²) in [6.07, 6.45) is 4.04. The predicted molar refractivity (Wildman–Crippen MR) is 126 cm³/mol. The number of amides is 2. The standard InChI is InChI=1S/C26H30FN3O3/c1-18(17-30-14-11-19-5-3-4-6-23(19)30)28-24(31)9-12-26(13-10-25(32)29-26)16-20-7-8-21(33-2)15-22(20)27/h3-8,11,14-15,18H,9-10,12-13,16-17H2,1-2H3,(H,28,31)(H,29,32)/t18-,26+/m1/s1. The van der Waals surface area contributed by atoms with E-state index in [1.54, 1.807) is 12.1 Å². The minimum atomic E-state index is -0.621. The molecule has 2 heterocycles. The molecule has 0 aliphatic carbocycles. The second kappa shape index (κ2) is 9.65. The molecule has 7 heteroatoms. The smallest absolute Gasteiger partial charge is 0.220 e. The Bertz CT molecular complexity index is 1160. The van der Waals surface area contributed by atoms with Gasteiger partial charge in [-0.25, -0.2) is 4.39 Å². The number of methoxy groups -OCH3 is 1. The molecule has 6 nitrogen and oxygen atoms in total. The Kier molecular flexibility index (Phi) is 6.67. The van der Waals surface area contributed by atoms with Crippen LogP contribution in [0.4, 0.5) is 4.39 Å². The highest BCUT2D eigenvalue weighted by molar-refractivity contribution is 5.81. The number of halogens is 1. The summed E-state index contributed by atoms with van der Waals surface area (Å²) in [5.74, 6) is -0.0524. The zero-order valence-corrected chi connectivity index (χ0v) is 19.1. The number of benzene rings is 2. The number of para-hydroxylation sites is 1. The van der Waals surface area contributed by atoms with Gasteiger partial charge in [-0.3, -0.25) is 9.59 Å². The highest BCUT2D eigenvalue weighted by atomic mass is 19.1. The molecule has 2 N–H and O–H groups in total. The molecule has 1 aliphatic heterocycles. The number of rotatable bonds is 9. The molecule has 3 aromatic rings. The zero-order valence-electron chi connectivity index (χ0n) is 19.1. The van der Waals surface area contributed by atoms with Crippen molar-refractivity contribution in [2.24, 2.45) is 0 Å². The van der Waals surface area contributed by atoms with Crippen LogP contribution in [-0.2, 0) is 22.6 Å². The van der Waals surface area contributed by atoms with E-state index in [0.29, 0.717) is 43.5 Å². The van der Waals surface area contributed by atoms with Crippen LogP contribution in [-0.4, -0.2) is 35.1 Å². The van der Waals surface area contributed by atoms with E-state index in [4.69, 9.17) is 4.74 Å². The maximum absolute atomic E-state index is 14.5. The van der Waals surface area contributed by atoms with Gasteiger partial charge in [0.05, 0.1) is 7.11 Å². The highest BCUT2D eigenvalue weighted by Gasteiger charge is 2.38. The Balaban J connectivity index is 1.36. The van der Waals surface area contributed by atoms with Crippen LogP contribution in [0.15, 0.2) is 54.7 Å². The molecular weight excluding hydrogens is 421 g/mol. The number of ether oxygens (including phenoxy) is 1. The number of hydrogen-bond donors (Lipinski definition) is 2. The van der Waals surface area contributed by atoms with Gasteiger partial charge in [-0.2, -0.15) is 0 Å². The summed E-state index contributed by atoms with van der Waals surface area (Å²) in [5.41, 5.74) is 1.02.